The standard InChI is InChI=1S/C29H25N7OS/c37-29(17-5-2-1-3-6-17)32-20-11-19(13-30-14-20)18-8-9-23-21(12-18)27(36-35-23)28-33-24-16-31-15-22(26(24)34-28)25-7-4-10-38-25/h4,7-17H,1-3,5-6H2,(H,32,37)(H,33,34)(H,35,36). The van der Waals surface area contributed by atoms with Crippen molar-refractivity contribution in [1.29, 1.82) is 0 Å². The number of anilines is 1. The van der Waals surface area contributed by atoms with Gasteiger partial charge >= 0.3 is 0 Å². The molecule has 1 saturated carbocycles. The molecular weight excluding hydrogens is 494 g/mol. The zero-order chi connectivity index (χ0) is 25.5. The molecule has 1 aliphatic carbocycles. The van der Waals surface area contributed by atoms with Gasteiger partial charge in [-0.15, -0.1) is 11.3 Å². The fourth-order valence-electron chi connectivity index (χ4n) is 5.31. The lowest BCUT2D eigenvalue weighted by Gasteiger charge is -2.20. The van der Waals surface area contributed by atoms with Crippen LogP contribution in [0.15, 0.2) is 66.6 Å². The molecule has 0 radical (unpaired) electrons. The summed E-state index contributed by atoms with van der Waals surface area (Å²) < 4.78 is 0. The smallest absolute Gasteiger partial charge is 0.227 e. The van der Waals surface area contributed by atoms with E-state index in [1.165, 1.54) is 6.42 Å². The number of fused-ring (bicyclic) bond motifs is 2. The van der Waals surface area contributed by atoms with Crippen molar-refractivity contribution in [2.75, 3.05) is 5.32 Å². The van der Waals surface area contributed by atoms with Crippen LogP contribution >= 0.6 is 11.3 Å². The van der Waals surface area contributed by atoms with E-state index in [1.807, 2.05) is 36.7 Å². The summed E-state index contributed by atoms with van der Waals surface area (Å²) in [4.78, 5) is 31.0. The summed E-state index contributed by atoms with van der Waals surface area (Å²) >= 11 is 1.66. The highest BCUT2D eigenvalue weighted by molar-refractivity contribution is 7.13. The van der Waals surface area contributed by atoms with Gasteiger partial charge in [-0.05, 0) is 48.1 Å². The molecule has 8 nitrogen and oxygen atoms in total. The number of rotatable bonds is 5. The minimum atomic E-state index is 0.0941. The van der Waals surface area contributed by atoms with Gasteiger partial charge in [-0.25, -0.2) is 4.98 Å². The second kappa shape index (κ2) is 9.50. The summed E-state index contributed by atoms with van der Waals surface area (Å²) in [5.41, 5.74) is 7.02. The minimum absolute atomic E-state index is 0.0941. The highest BCUT2D eigenvalue weighted by Gasteiger charge is 2.21. The van der Waals surface area contributed by atoms with Gasteiger partial charge in [0.2, 0.25) is 5.91 Å². The summed E-state index contributed by atoms with van der Waals surface area (Å²) in [5.74, 6) is 0.870. The number of carbonyl (C=O) groups excluding carboxylic acids is 1. The van der Waals surface area contributed by atoms with Crippen molar-refractivity contribution in [3.63, 3.8) is 0 Å². The van der Waals surface area contributed by atoms with E-state index in [0.29, 0.717) is 5.82 Å². The van der Waals surface area contributed by atoms with E-state index in [9.17, 15) is 4.79 Å². The van der Waals surface area contributed by atoms with Crippen LogP contribution in [0.25, 0.3) is 55.0 Å². The zero-order valence-electron chi connectivity index (χ0n) is 20.6. The van der Waals surface area contributed by atoms with Crippen molar-refractivity contribution in [2.45, 2.75) is 32.1 Å². The van der Waals surface area contributed by atoms with Gasteiger partial charge in [0.25, 0.3) is 0 Å². The quantitative estimate of drug-likeness (QED) is 0.232. The van der Waals surface area contributed by atoms with Gasteiger partial charge < -0.3 is 10.3 Å². The maximum Gasteiger partial charge on any atom is 0.227 e. The molecule has 0 bridgehead atoms. The Morgan fingerprint density at radius 1 is 0.947 bits per heavy atom. The molecule has 1 aliphatic rings. The van der Waals surface area contributed by atoms with Crippen LogP contribution in [0.5, 0.6) is 0 Å². The molecule has 5 heterocycles. The number of imidazole rings is 1. The Kier molecular flexibility index (Phi) is 5.70. The van der Waals surface area contributed by atoms with Crippen LogP contribution in [0.2, 0.25) is 0 Å². The summed E-state index contributed by atoms with van der Waals surface area (Å²) in [6.07, 6.45) is 12.6. The fraction of sp³-hybridized carbons (Fsp3) is 0.207. The van der Waals surface area contributed by atoms with E-state index < -0.39 is 0 Å². The number of thiophene rings is 1. The third-order valence-electron chi connectivity index (χ3n) is 7.28. The lowest BCUT2D eigenvalue weighted by molar-refractivity contribution is -0.120. The predicted octanol–water partition coefficient (Wildman–Crippen LogP) is 6.81. The van der Waals surface area contributed by atoms with Gasteiger partial charge in [-0.2, -0.15) is 5.10 Å². The van der Waals surface area contributed by atoms with Crippen molar-refractivity contribution in [3.8, 4) is 33.1 Å². The molecule has 7 rings (SSSR count). The zero-order valence-corrected chi connectivity index (χ0v) is 21.4. The van der Waals surface area contributed by atoms with Gasteiger partial charge in [0.15, 0.2) is 5.82 Å². The summed E-state index contributed by atoms with van der Waals surface area (Å²) in [6.45, 7) is 0. The minimum Gasteiger partial charge on any atom is -0.335 e. The monoisotopic (exact) mass is 519 g/mol. The number of amides is 1. The predicted molar refractivity (Wildman–Crippen MR) is 151 cm³/mol. The van der Waals surface area contributed by atoms with E-state index in [0.717, 1.165) is 80.6 Å². The third-order valence-corrected chi connectivity index (χ3v) is 8.19. The van der Waals surface area contributed by atoms with E-state index in [4.69, 9.17) is 4.98 Å². The topological polar surface area (TPSA) is 112 Å². The van der Waals surface area contributed by atoms with E-state index in [-0.39, 0.29) is 11.8 Å². The van der Waals surface area contributed by atoms with Gasteiger partial charge in [0.1, 0.15) is 11.2 Å². The molecule has 188 valence electrons. The molecule has 1 aromatic carbocycles. The van der Waals surface area contributed by atoms with Crippen LogP contribution in [-0.4, -0.2) is 36.0 Å². The molecule has 6 aromatic rings. The number of aromatic nitrogens is 6. The van der Waals surface area contributed by atoms with Gasteiger partial charge in [-0.1, -0.05) is 31.4 Å². The Labute approximate surface area is 222 Å². The normalized spacial score (nSPS) is 14.3. The molecule has 0 unspecified atom stereocenters. The van der Waals surface area contributed by atoms with Crippen LogP contribution in [0, 0.1) is 5.92 Å². The van der Waals surface area contributed by atoms with E-state index in [2.05, 4.69) is 48.0 Å². The molecular formula is C29H25N7OS. The van der Waals surface area contributed by atoms with Crippen LogP contribution in [0.4, 0.5) is 5.69 Å². The first-order chi connectivity index (χ1) is 18.7. The van der Waals surface area contributed by atoms with Crippen LogP contribution in [-0.2, 0) is 4.79 Å². The number of hydrogen-bond donors (Lipinski definition) is 3. The number of hydrogen-bond acceptors (Lipinski definition) is 6. The number of nitrogens with one attached hydrogen (secondary N) is 3. The summed E-state index contributed by atoms with van der Waals surface area (Å²) in [7, 11) is 0. The average molecular weight is 520 g/mol. The Morgan fingerprint density at radius 2 is 1.84 bits per heavy atom. The summed E-state index contributed by atoms with van der Waals surface area (Å²) in [6, 6.07) is 12.2. The maximum atomic E-state index is 12.8. The van der Waals surface area contributed by atoms with E-state index >= 15 is 0 Å². The van der Waals surface area contributed by atoms with Crippen LogP contribution in [0.3, 0.4) is 0 Å². The van der Waals surface area contributed by atoms with Gasteiger partial charge in [0, 0.05) is 39.7 Å². The lowest BCUT2D eigenvalue weighted by Crippen LogP contribution is -2.24. The average Bonchev–Trinajstić information content (AvgIpc) is 3.73. The number of aromatic amines is 2. The van der Waals surface area contributed by atoms with Crippen molar-refractivity contribution in [1.82, 2.24) is 30.1 Å². The third kappa shape index (κ3) is 4.14. The Bertz CT molecular complexity index is 1760. The number of H-pyrrole nitrogens is 2. The molecule has 38 heavy (non-hydrogen) atoms. The fourth-order valence-corrected chi connectivity index (χ4v) is 6.04. The highest BCUT2D eigenvalue weighted by Crippen LogP contribution is 2.34. The first-order valence-electron chi connectivity index (χ1n) is 12.9. The van der Waals surface area contributed by atoms with Crippen molar-refractivity contribution >= 4 is 44.9 Å². The van der Waals surface area contributed by atoms with Gasteiger partial charge in [0.05, 0.1) is 29.1 Å². The molecule has 9 heteroatoms. The first kappa shape index (κ1) is 22.8. The molecule has 0 saturated heterocycles. The van der Waals surface area contributed by atoms with Crippen LogP contribution in [0.1, 0.15) is 32.1 Å². The second-order valence-corrected chi connectivity index (χ2v) is 10.7. The second-order valence-electron chi connectivity index (χ2n) is 9.76. The van der Waals surface area contributed by atoms with Crippen molar-refractivity contribution in [3.05, 3.63) is 66.6 Å². The number of benzene rings is 1. The molecule has 1 fully saturated rings. The molecule has 0 spiro atoms. The number of carbonyl (C=O) groups is 1. The van der Waals surface area contributed by atoms with E-state index in [1.54, 1.807) is 23.7 Å². The van der Waals surface area contributed by atoms with Crippen molar-refractivity contribution in [2.24, 2.45) is 5.92 Å². The Hall–Kier alpha value is -4.37. The van der Waals surface area contributed by atoms with Crippen LogP contribution < -0.4 is 5.32 Å². The van der Waals surface area contributed by atoms with Gasteiger partial charge in [-0.3, -0.25) is 19.9 Å². The number of pyridine rings is 2. The highest BCUT2D eigenvalue weighted by atomic mass is 32.1. The Balaban J connectivity index is 1.23. The lowest BCUT2D eigenvalue weighted by atomic mass is 9.88. The largest absolute Gasteiger partial charge is 0.335 e. The molecule has 0 aliphatic heterocycles. The SMILES string of the molecule is O=C(Nc1cncc(-c2ccc3[nH]nc(-c4nc5c(-c6cccs6)cncc5[nH]4)c3c2)c1)C1CCCCC1. The molecule has 3 N–H and O–H groups in total. The molecule has 0 atom stereocenters. The summed E-state index contributed by atoms with van der Waals surface area (Å²) in [5, 5.41) is 13.8. The maximum absolute atomic E-state index is 12.8. The van der Waals surface area contributed by atoms with Crippen molar-refractivity contribution < 1.29 is 4.79 Å². The first-order valence-corrected chi connectivity index (χ1v) is 13.7. The number of nitrogens with zero attached hydrogens (tertiary/aromatic N) is 4. The molecule has 5 aromatic heterocycles. The molecule has 1 amide bonds. The Morgan fingerprint density at radius 3 is 2.71 bits per heavy atom.